The van der Waals surface area contributed by atoms with Crippen LogP contribution in [-0.2, 0) is 9.59 Å². The van der Waals surface area contributed by atoms with E-state index in [-0.39, 0.29) is 11.5 Å². The predicted octanol–water partition coefficient (Wildman–Crippen LogP) is 4.95. The second kappa shape index (κ2) is 12.9. The summed E-state index contributed by atoms with van der Waals surface area (Å²) in [4.78, 5) is 37.2. The summed E-state index contributed by atoms with van der Waals surface area (Å²) < 4.78 is 16.4. The normalized spacial score (nSPS) is 10.7. The van der Waals surface area contributed by atoms with Crippen molar-refractivity contribution in [3.8, 4) is 17.2 Å². The minimum Gasteiger partial charge on any atom is -0.494 e. The fourth-order valence-corrected chi connectivity index (χ4v) is 3.64. The summed E-state index contributed by atoms with van der Waals surface area (Å²) in [6.07, 6.45) is 2.23. The quantitative estimate of drug-likeness (QED) is 0.105. The Bertz CT molecular complexity index is 1510. The van der Waals surface area contributed by atoms with Gasteiger partial charge in [0.15, 0.2) is 11.5 Å². The maximum atomic E-state index is 12.6. The summed E-state index contributed by atoms with van der Waals surface area (Å²) in [5, 5.41) is 8.20. The third kappa shape index (κ3) is 6.98. The molecule has 4 rings (SSSR count). The molecule has 2 N–H and O–H groups in total. The lowest BCUT2D eigenvalue weighted by molar-refractivity contribution is -0.136. The SMILES string of the molecule is CCCOc1ccc(C(=O)Oc2ccc(/C=N/NC(=O)C(=O)Nc3cccc4ccccc34)cc2OC)cc1. The lowest BCUT2D eigenvalue weighted by Gasteiger charge is -2.10. The van der Waals surface area contributed by atoms with E-state index in [9.17, 15) is 14.4 Å². The Morgan fingerprint density at radius 2 is 1.64 bits per heavy atom. The Morgan fingerprint density at radius 1 is 0.872 bits per heavy atom. The van der Waals surface area contributed by atoms with Gasteiger partial charge in [0.2, 0.25) is 0 Å². The Hall–Kier alpha value is -5.18. The number of benzene rings is 4. The first-order valence-corrected chi connectivity index (χ1v) is 12.2. The first kappa shape index (κ1) is 26.9. The van der Waals surface area contributed by atoms with E-state index in [0.717, 1.165) is 17.2 Å². The molecule has 9 nitrogen and oxygen atoms in total. The van der Waals surface area contributed by atoms with Gasteiger partial charge in [0.05, 0.1) is 25.5 Å². The number of anilines is 1. The van der Waals surface area contributed by atoms with Crippen LogP contribution in [0.2, 0.25) is 0 Å². The van der Waals surface area contributed by atoms with Gasteiger partial charge in [0, 0.05) is 11.1 Å². The van der Waals surface area contributed by atoms with Crippen LogP contribution in [-0.4, -0.2) is 37.7 Å². The van der Waals surface area contributed by atoms with Crippen molar-refractivity contribution in [1.82, 2.24) is 5.43 Å². The number of methoxy groups -OCH3 is 1. The summed E-state index contributed by atoms with van der Waals surface area (Å²) in [5.41, 5.74) is 3.62. The Kier molecular flexibility index (Phi) is 8.87. The number of carbonyl (C=O) groups is 3. The van der Waals surface area contributed by atoms with Crippen molar-refractivity contribution in [1.29, 1.82) is 0 Å². The van der Waals surface area contributed by atoms with Crippen molar-refractivity contribution in [2.24, 2.45) is 5.10 Å². The molecule has 4 aromatic carbocycles. The maximum Gasteiger partial charge on any atom is 0.343 e. The van der Waals surface area contributed by atoms with Gasteiger partial charge in [-0.15, -0.1) is 0 Å². The zero-order chi connectivity index (χ0) is 27.6. The number of hydrazone groups is 1. The molecule has 0 spiro atoms. The highest BCUT2D eigenvalue weighted by Crippen LogP contribution is 2.29. The highest BCUT2D eigenvalue weighted by atomic mass is 16.6. The molecular formula is C30H27N3O6. The largest absolute Gasteiger partial charge is 0.494 e. The van der Waals surface area contributed by atoms with Crippen molar-refractivity contribution in [3.63, 3.8) is 0 Å². The van der Waals surface area contributed by atoms with Gasteiger partial charge in [-0.25, -0.2) is 10.2 Å². The van der Waals surface area contributed by atoms with Gasteiger partial charge in [0.25, 0.3) is 0 Å². The average molecular weight is 526 g/mol. The van der Waals surface area contributed by atoms with Crippen LogP contribution < -0.4 is 25.0 Å². The highest BCUT2D eigenvalue weighted by molar-refractivity contribution is 6.40. The van der Waals surface area contributed by atoms with E-state index < -0.39 is 17.8 Å². The maximum absolute atomic E-state index is 12.6. The summed E-state index contributed by atoms with van der Waals surface area (Å²) in [6, 6.07) is 24.4. The number of amides is 2. The van der Waals surface area contributed by atoms with Crippen molar-refractivity contribution in [3.05, 3.63) is 96.1 Å². The van der Waals surface area contributed by atoms with Crippen molar-refractivity contribution >= 4 is 40.5 Å². The third-order valence-electron chi connectivity index (χ3n) is 5.58. The lowest BCUT2D eigenvalue weighted by atomic mass is 10.1. The molecule has 0 aromatic heterocycles. The van der Waals surface area contributed by atoms with Crippen LogP contribution in [0.3, 0.4) is 0 Å². The number of carbonyl (C=O) groups excluding carboxylic acids is 3. The van der Waals surface area contributed by atoms with Gasteiger partial charge < -0.3 is 19.5 Å². The molecule has 0 unspecified atom stereocenters. The Labute approximate surface area is 225 Å². The summed E-state index contributed by atoms with van der Waals surface area (Å²) in [7, 11) is 1.44. The van der Waals surface area contributed by atoms with E-state index in [4.69, 9.17) is 14.2 Å². The van der Waals surface area contributed by atoms with E-state index in [1.165, 1.54) is 13.3 Å². The second-order valence-electron chi connectivity index (χ2n) is 8.35. The zero-order valence-corrected chi connectivity index (χ0v) is 21.5. The van der Waals surface area contributed by atoms with Crippen molar-refractivity contribution in [2.45, 2.75) is 13.3 Å². The minimum absolute atomic E-state index is 0.212. The molecule has 9 heteroatoms. The van der Waals surface area contributed by atoms with Crippen LogP contribution in [0.15, 0.2) is 90.0 Å². The first-order chi connectivity index (χ1) is 19.0. The molecule has 2 amide bonds. The number of esters is 1. The molecule has 0 atom stereocenters. The average Bonchev–Trinajstić information content (AvgIpc) is 2.97. The number of nitrogens with zero attached hydrogens (tertiary/aromatic N) is 1. The fourth-order valence-electron chi connectivity index (χ4n) is 3.64. The molecule has 198 valence electrons. The zero-order valence-electron chi connectivity index (χ0n) is 21.5. The van der Waals surface area contributed by atoms with E-state index in [0.29, 0.717) is 29.2 Å². The van der Waals surface area contributed by atoms with E-state index >= 15 is 0 Å². The molecule has 0 radical (unpaired) electrons. The molecule has 0 bridgehead atoms. The van der Waals surface area contributed by atoms with Crippen molar-refractivity contribution < 1.29 is 28.6 Å². The summed E-state index contributed by atoms with van der Waals surface area (Å²) in [6.45, 7) is 2.61. The molecule has 0 saturated carbocycles. The third-order valence-corrected chi connectivity index (χ3v) is 5.58. The van der Waals surface area contributed by atoms with E-state index in [1.807, 2.05) is 37.3 Å². The number of rotatable bonds is 9. The number of hydrogen-bond donors (Lipinski definition) is 2. The number of ether oxygens (including phenoxy) is 3. The van der Waals surface area contributed by atoms with E-state index in [1.54, 1.807) is 54.6 Å². The number of nitrogens with one attached hydrogen (secondary N) is 2. The molecular weight excluding hydrogens is 498 g/mol. The molecule has 0 aliphatic rings. The van der Waals surface area contributed by atoms with Crippen LogP contribution >= 0.6 is 0 Å². The fraction of sp³-hybridized carbons (Fsp3) is 0.133. The van der Waals surface area contributed by atoms with Gasteiger partial charge in [0.1, 0.15) is 5.75 Å². The molecule has 0 fully saturated rings. The summed E-state index contributed by atoms with van der Waals surface area (Å²) in [5.74, 6) is -1.16. The Morgan fingerprint density at radius 3 is 2.41 bits per heavy atom. The topological polar surface area (TPSA) is 115 Å². The Balaban J connectivity index is 1.35. The highest BCUT2D eigenvalue weighted by Gasteiger charge is 2.15. The number of hydrogen-bond acceptors (Lipinski definition) is 7. The second-order valence-corrected chi connectivity index (χ2v) is 8.35. The van der Waals surface area contributed by atoms with Crippen LogP contribution in [0.4, 0.5) is 5.69 Å². The van der Waals surface area contributed by atoms with Crippen LogP contribution in [0.1, 0.15) is 29.3 Å². The first-order valence-electron chi connectivity index (χ1n) is 12.2. The predicted molar refractivity (Wildman–Crippen MR) is 148 cm³/mol. The molecule has 0 aliphatic carbocycles. The molecule has 0 aliphatic heterocycles. The van der Waals surface area contributed by atoms with Gasteiger partial charge in [-0.1, -0.05) is 43.3 Å². The smallest absolute Gasteiger partial charge is 0.343 e. The van der Waals surface area contributed by atoms with Crippen LogP contribution in [0.5, 0.6) is 17.2 Å². The van der Waals surface area contributed by atoms with Gasteiger partial charge in [-0.2, -0.15) is 5.10 Å². The minimum atomic E-state index is -0.928. The van der Waals surface area contributed by atoms with Gasteiger partial charge in [-0.05, 0) is 65.9 Å². The van der Waals surface area contributed by atoms with Crippen molar-refractivity contribution in [2.75, 3.05) is 19.0 Å². The molecule has 0 saturated heterocycles. The summed E-state index contributed by atoms with van der Waals surface area (Å²) >= 11 is 0. The van der Waals surface area contributed by atoms with E-state index in [2.05, 4.69) is 15.8 Å². The van der Waals surface area contributed by atoms with Crippen LogP contribution in [0.25, 0.3) is 10.8 Å². The molecule has 39 heavy (non-hydrogen) atoms. The van der Waals surface area contributed by atoms with Gasteiger partial charge in [-0.3, -0.25) is 9.59 Å². The number of fused-ring (bicyclic) bond motifs is 1. The monoisotopic (exact) mass is 525 g/mol. The molecule has 0 heterocycles. The molecule has 4 aromatic rings. The van der Waals surface area contributed by atoms with Crippen LogP contribution in [0, 0.1) is 0 Å². The standard InChI is InChI=1S/C30H27N3O6/c1-3-17-38-23-14-12-22(13-15-23)30(36)39-26-16-11-20(18-27(26)37-2)19-31-33-29(35)28(34)32-25-10-6-8-21-7-4-5-9-24(21)25/h4-16,18-19H,3,17H2,1-2H3,(H,32,34)(H,33,35)/b31-19+. The van der Waals surface area contributed by atoms with Gasteiger partial charge >= 0.3 is 17.8 Å². The lowest BCUT2D eigenvalue weighted by Crippen LogP contribution is -2.32.